The molecule has 0 amide bonds. The van der Waals surface area contributed by atoms with Gasteiger partial charge in [-0.25, -0.2) is 4.79 Å². The summed E-state index contributed by atoms with van der Waals surface area (Å²) >= 11 is 11.7. The van der Waals surface area contributed by atoms with Crippen molar-refractivity contribution in [3.63, 3.8) is 0 Å². The lowest BCUT2D eigenvalue weighted by atomic mass is 10.1. The van der Waals surface area contributed by atoms with Gasteiger partial charge >= 0.3 is 5.63 Å². The van der Waals surface area contributed by atoms with Crippen LogP contribution in [0.25, 0.3) is 11.3 Å². The summed E-state index contributed by atoms with van der Waals surface area (Å²) in [6, 6.07) is 8.77. The van der Waals surface area contributed by atoms with Gasteiger partial charge in [0.25, 0.3) is 0 Å². The van der Waals surface area contributed by atoms with E-state index in [1.807, 2.05) is 14.1 Å². The molecule has 0 N–H and O–H groups in total. The zero-order chi connectivity index (χ0) is 13.3. The molecule has 0 radical (unpaired) electrons. The SMILES string of the molecule is CN(C)c1cc(-c2ccc(Cl)cc2)oc(=O)c1Cl. The highest BCUT2D eigenvalue weighted by Gasteiger charge is 2.12. The van der Waals surface area contributed by atoms with Crippen molar-refractivity contribution < 1.29 is 4.42 Å². The van der Waals surface area contributed by atoms with Crippen molar-refractivity contribution in [2.45, 2.75) is 0 Å². The number of rotatable bonds is 2. The molecule has 0 saturated heterocycles. The van der Waals surface area contributed by atoms with Crippen LogP contribution in [0.2, 0.25) is 10.0 Å². The first kappa shape index (κ1) is 13.0. The van der Waals surface area contributed by atoms with Crippen LogP contribution >= 0.6 is 23.2 Å². The van der Waals surface area contributed by atoms with Gasteiger partial charge in [0, 0.05) is 30.7 Å². The van der Waals surface area contributed by atoms with E-state index in [1.54, 1.807) is 35.2 Å². The monoisotopic (exact) mass is 283 g/mol. The van der Waals surface area contributed by atoms with Gasteiger partial charge in [-0.3, -0.25) is 0 Å². The lowest BCUT2D eigenvalue weighted by Gasteiger charge is -2.14. The molecule has 5 heteroatoms. The largest absolute Gasteiger partial charge is 0.422 e. The summed E-state index contributed by atoms with van der Waals surface area (Å²) in [5.74, 6) is 0.463. The van der Waals surface area contributed by atoms with Gasteiger partial charge in [0.2, 0.25) is 0 Å². The molecule has 0 fully saturated rings. The second-order valence-electron chi connectivity index (χ2n) is 4.00. The van der Waals surface area contributed by atoms with Crippen LogP contribution in [0.5, 0.6) is 0 Å². The maximum absolute atomic E-state index is 11.7. The number of hydrogen-bond acceptors (Lipinski definition) is 3. The summed E-state index contributed by atoms with van der Waals surface area (Å²) in [6.45, 7) is 0. The molecule has 1 heterocycles. The second kappa shape index (κ2) is 5.04. The smallest absolute Gasteiger partial charge is 0.357 e. The predicted octanol–water partition coefficient (Wildman–Crippen LogP) is 3.68. The third-order valence-corrected chi connectivity index (χ3v) is 3.09. The fraction of sp³-hybridized carbons (Fsp3) is 0.154. The molecule has 0 spiro atoms. The number of nitrogens with zero attached hydrogens (tertiary/aromatic N) is 1. The first-order valence-corrected chi connectivity index (χ1v) is 6.01. The van der Waals surface area contributed by atoms with Gasteiger partial charge in [-0.1, -0.05) is 23.2 Å². The first-order valence-electron chi connectivity index (χ1n) is 5.26. The van der Waals surface area contributed by atoms with Crippen LogP contribution in [0, 0.1) is 0 Å². The van der Waals surface area contributed by atoms with Crippen LogP contribution in [0.15, 0.2) is 39.5 Å². The molecule has 1 aromatic carbocycles. The van der Waals surface area contributed by atoms with Crippen LogP contribution in [0.4, 0.5) is 5.69 Å². The number of anilines is 1. The quantitative estimate of drug-likeness (QED) is 0.843. The summed E-state index contributed by atoms with van der Waals surface area (Å²) in [5, 5.41) is 0.709. The normalized spacial score (nSPS) is 10.4. The highest BCUT2D eigenvalue weighted by molar-refractivity contribution is 6.33. The molecule has 0 aliphatic rings. The molecular weight excluding hydrogens is 273 g/mol. The second-order valence-corrected chi connectivity index (χ2v) is 4.81. The van der Waals surface area contributed by atoms with Crippen molar-refractivity contribution in [1.29, 1.82) is 0 Å². The summed E-state index contributed by atoms with van der Waals surface area (Å²) in [4.78, 5) is 13.4. The summed E-state index contributed by atoms with van der Waals surface area (Å²) in [6.07, 6.45) is 0. The van der Waals surface area contributed by atoms with Crippen LogP contribution < -0.4 is 10.5 Å². The van der Waals surface area contributed by atoms with E-state index in [0.29, 0.717) is 16.5 Å². The Balaban J connectivity index is 2.59. The molecule has 0 aliphatic heterocycles. The molecule has 18 heavy (non-hydrogen) atoms. The molecule has 0 bridgehead atoms. The van der Waals surface area contributed by atoms with E-state index >= 15 is 0 Å². The topological polar surface area (TPSA) is 33.5 Å². The van der Waals surface area contributed by atoms with E-state index in [1.165, 1.54) is 0 Å². The molecule has 1 aromatic heterocycles. The van der Waals surface area contributed by atoms with Crippen molar-refractivity contribution in [2.24, 2.45) is 0 Å². The van der Waals surface area contributed by atoms with Crippen LogP contribution in [-0.2, 0) is 0 Å². The average molecular weight is 284 g/mol. The Morgan fingerprint density at radius 2 is 1.72 bits per heavy atom. The minimum absolute atomic E-state index is 0.0812. The Bertz CT molecular complexity index is 618. The van der Waals surface area contributed by atoms with E-state index in [2.05, 4.69) is 0 Å². The van der Waals surface area contributed by atoms with Crippen molar-refractivity contribution in [1.82, 2.24) is 0 Å². The first-order chi connectivity index (χ1) is 8.49. The maximum atomic E-state index is 11.7. The fourth-order valence-electron chi connectivity index (χ4n) is 1.55. The van der Waals surface area contributed by atoms with Gasteiger partial charge in [-0.15, -0.1) is 0 Å². The van der Waals surface area contributed by atoms with Gasteiger partial charge in [-0.05, 0) is 24.3 Å². The summed E-state index contributed by atoms with van der Waals surface area (Å²) < 4.78 is 5.17. The molecule has 2 rings (SSSR count). The van der Waals surface area contributed by atoms with Gasteiger partial charge in [0.05, 0.1) is 5.69 Å². The van der Waals surface area contributed by atoms with Gasteiger partial charge in [0.1, 0.15) is 10.8 Å². The van der Waals surface area contributed by atoms with Gasteiger partial charge in [-0.2, -0.15) is 0 Å². The molecule has 0 aliphatic carbocycles. The average Bonchev–Trinajstić information content (AvgIpc) is 2.33. The summed E-state index contributed by atoms with van der Waals surface area (Å²) in [5.41, 5.74) is 0.849. The molecule has 0 saturated carbocycles. The van der Waals surface area contributed by atoms with Crippen molar-refractivity contribution in [3.05, 3.63) is 50.8 Å². The van der Waals surface area contributed by atoms with Gasteiger partial charge < -0.3 is 9.32 Å². The van der Waals surface area contributed by atoms with E-state index in [0.717, 1.165) is 5.56 Å². The van der Waals surface area contributed by atoms with Crippen molar-refractivity contribution >= 4 is 28.9 Å². The van der Waals surface area contributed by atoms with E-state index < -0.39 is 5.63 Å². The van der Waals surface area contributed by atoms with Crippen molar-refractivity contribution in [2.75, 3.05) is 19.0 Å². The Morgan fingerprint density at radius 3 is 2.28 bits per heavy atom. The number of halogens is 2. The maximum Gasteiger partial charge on any atom is 0.357 e. The third kappa shape index (κ3) is 2.52. The Morgan fingerprint density at radius 1 is 1.11 bits per heavy atom. The Hall–Kier alpha value is -1.45. The Kier molecular flexibility index (Phi) is 3.64. The van der Waals surface area contributed by atoms with Crippen molar-refractivity contribution in [3.8, 4) is 11.3 Å². The molecule has 94 valence electrons. The summed E-state index contributed by atoms with van der Waals surface area (Å²) in [7, 11) is 3.62. The standard InChI is InChI=1S/C13H11Cl2NO2/c1-16(2)10-7-11(18-13(17)12(10)15)8-3-5-9(14)6-4-8/h3-7H,1-2H3. The predicted molar refractivity (Wildman–Crippen MR) is 74.8 cm³/mol. The molecular formula is C13H11Cl2NO2. The lowest BCUT2D eigenvalue weighted by Crippen LogP contribution is -2.13. The van der Waals surface area contributed by atoms with E-state index in [9.17, 15) is 4.79 Å². The van der Waals surface area contributed by atoms with Gasteiger partial charge in [0.15, 0.2) is 0 Å². The minimum Gasteiger partial charge on any atom is -0.422 e. The molecule has 3 nitrogen and oxygen atoms in total. The Labute approximate surface area is 115 Å². The highest BCUT2D eigenvalue weighted by Crippen LogP contribution is 2.28. The molecule has 0 atom stereocenters. The zero-order valence-electron chi connectivity index (χ0n) is 9.91. The van der Waals surface area contributed by atoms with Crippen LogP contribution in [-0.4, -0.2) is 14.1 Å². The molecule has 2 aromatic rings. The zero-order valence-corrected chi connectivity index (χ0v) is 11.4. The number of hydrogen-bond donors (Lipinski definition) is 0. The highest BCUT2D eigenvalue weighted by atomic mass is 35.5. The van der Waals surface area contributed by atoms with E-state index in [-0.39, 0.29) is 5.02 Å². The minimum atomic E-state index is -0.548. The third-order valence-electron chi connectivity index (χ3n) is 2.49. The van der Waals surface area contributed by atoms with Crippen LogP contribution in [0.1, 0.15) is 0 Å². The van der Waals surface area contributed by atoms with Crippen LogP contribution in [0.3, 0.4) is 0 Å². The number of benzene rings is 1. The molecule has 0 unspecified atom stereocenters. The lowest BCUT2D eigenvalue weighted by molar-refractivity contribution is 0.526. The van der Waals surface area contributed by atoms with E-state index in [4.69, 9.17) is 27.6 Å². The fourth-order valence-corrected chi connectivity index (χ4v) is 1.94.